The first-order valence-corrected chi connectivity index (χ1v) is 9.13. The summed E-state index contributed by atoms with van der Waals surface area (Å²) in [7, 11) is 0. The molecule has 1 saturated carbocycles. The van der Waals surface area contributed by atoms with Gasteiger partial charge in [-0.3, -0.25) is 9.59 Å². The van der Waals surface area contributed by atoms with Crippen molar-refractivity contribution in [2.24, 2.45) is 11.8 Å². The summed E-state index contributed by atoms with van der Waals surface area (Å²) in [5, 5.41) is 9.89. The number of aromatic hydroxyl groups is 1. The van der Waals surface area contributed by atoms with Crippen LogP contribution in [-0.2, 0) is 0 Å². The number of phenolic OH excluding ortho intramolecular Hbond substituents is 1. The fraction of sp³-hybridized carbons (Fsp3) is 0.429. The Morgan fingerprint density at radius 1 is 1.12 bits per heavy atom. The predicted molar refractivity (Wildman–Crippen MR) is 94.7 cm³/mol. The van der Waals surface area contributed by atoms with Crippen molar-refractivity contribution >= 4 is 11.6 Å². The minimum atomic E-state index is -0.563. The van der Waals surface area contributed by atoms with Crippen molar-refractivity contribution in [1.82, 2.24) is 0 Å². The fourth-order valence-corrected chi connectivity index (χ4v) is 3.87. The summed E-state index contributed by atoms with van der Waals surface area (Å²) < 4.78 is 18.6. The van der Waals surface area contributed by atoms with Crippen LogP contribution in [0.15, 0.2) is 41.0 Å². The highest BCUT2D eigenvalue weighted by atomic mass is 19.1. The van der Waals surface area contributed by atoms with Gasteiger partial charge in [0, 0.05) is 12.8 Å². The topological polar surface area (TPSA) is 67.5 Å². The van der Waals surface area contributed by atoms with E-state index in [1.807, 2.05) is 0 Å². The largest absolute Gasteiger partial charge is 0.507 e. The fourth-order valence-electron chi connectivity index (χ4n) is 3.87. The lowest BCUT2D eigenvalue weighted by molar-refractivity contribution is 0.0853. The van der Waals surface area contributed by atoms with E-state index < -0.39 is 5.82 Å². The molecule has 26 heavy (non-hydrogen) atoms. The second-order valence-electron chi connectivity index (χ2n) is 7.05. The molecule has 1 N–H and O–H groups in total. The Morgan fingerprint density at radius 3 is 2.54 bits per heavy atom. The van der Waals surface area contributed by atoms with E-state index in [2.05, 4.69) is 0 Å². The summed E-state index contributed by atoms with van der Waals surface area (Å²) in [5.74, 6) is -0.799. The summed E-state index contributed by atoms with van der Waals surface area (Å²) in [4.78, 5) is 25.2. The van der Waals surface area contributed by atoms with Gasteiger partial charge in [0.2, 0.25) is 0 Å². The molecular weight excluding hydrogens is 335 g/mol. The molecule has 3 rings (SSSR count). The smallest absolute Gasteiger partial charge is 0.198 e. The Morgan fingerprint density at radius 2 is 1.85 bits per heavy atom. The molecule has 0 spiro atoms. The Balaban J connectivity index is 1.77. The van der Waals surface area contributed by atoms with E-state index in [0.29, 0.717) is 5.76 Å². The Labute approximate surface area is 152 Å². The Kier molecular flexibility index (Phi) is 5.86. The molecule has 1 aromatic carbocycles. The third-order valence-electron chi connectivity index (χ3n) is 5.27. The zero-order valence-corrected chi connectivity index (χ0v) is 14.6. The first-order valence-electron chi connectivity index (χ1n) is 9.13. The lowest BCUT2D eigenvalue weighted by Crippen LogP contribution is -2.24. The molecule has 0 bridgehead atoms. The number of phenols is 1. The van der Waals surface area contributed by atoms with Crippen molar-refractivity contribution in [2.75, 3.05) is 0 Å². The van der Waals surface area contributed by atoms with Gasteiger partial charge in [-0.2, -0.15) is 0 Å². The van der Waals surface area contributed by atoms with E-state index in [1.165, 1.54) is 18.8 Å². The number of carbonyl (C=O) groups excluding carboxylic acids is 2. The van der Waals surface area contributed by atoms with Crippen LogP contribution in [0.5, 0.6) is 5.75 Å². The van der Waals surface area contributed by atoms with E-state index in [1.54, 1.807) is 12.1 Å². The van der Waals surface area contributed by atoms with Crippen LogP contribution in [0.4, 0.5) is 4.39 Å². The first-order chi connectivity index (χ1) is 12.5. The van der Waals surface area contributed by atoms with Crippen LogP contribution in [0.3, 0.4) is 0 Å². The molecule has 0 amide bonds. The number of furan rings is 1. The normalized spacial score (nSPS) is 16.3. The number of benzene rings is 1. The monoisotopic (exact) mass is 358 g/mol. The lowest BCUT2D eigenvalue weighted by atomic mass is 9.75. The summed E-state index contributed by atoms with van der Waals surface area (Å²) in [5.41, 5.74) is -0.0174. The molecule has 1 fully saturated rings. The standard InChI is InChI=1S/C21H23FO4/c22-16-8-9-18(23)17(13-16)19(24)11-15(14-5-2-1-3-6-14)12-20(25)21-7-4-10-26-21/h4,7-10,13-15,23H,1-3,5-6,11-12H2. The molecule has 2 aromatic rings. The van der Waals surface area contributed by atoms with Crippen LogP contribution in [0, 0.1) is 17.7 Å². The minimum Gasteiger partial charge on any atom is -0.507 e. The Bertz CT molecular complexity index is 760. The van der Waals surface area contributed by atoms with Gasteiger partial charge >= 0.3 is 0 Å². The summed E-state index contributed by atoms with van der Waals surface area (Å²) in [6, 6.07) is 6.65. The van der Waals surface area contributed by atoms with Gasteiger partial charge in [0.05, 0.1) is 11.8 Å². The SMILES string of the molecule is O=C(CC(CC(=O)c1cc(F)ccc1O)C1CCCCC1)c1ccco1. The summed E-state index contributed by atoms with van der Waals surface area (Å²) in [6.45, 7) is 0. The number of hydrogen-bond acceptors (Lipinski definition) is 4. The highest BCUT2D eigenvalue weighted by molar-refractivity contribution is 5.99. The van der Waals surface area contributed by atoms with E-state index in [9.17, 15) is 19.1 Å². The van der Waals surface area contributed by atoms with Crippen LogP contribution in [0.1, 0.15) is 65.9 Å². The molecule has 1 unspecified atom stereocenters. The maximum Gasteiger partial charge on any atom is 0.198 e. The maximum atomic E-state index is 13.5. The number of ketones is 2. The molecule has 4 nitrogen and oxygen atoms in total. The molecule has 0 aliphatic heterocycles. The molecule has 0 saturated heterocycles. The predicted octanol–water partition coefficient (Wildman–Crippen LogP) is 5.17. The average molecular weight is 358 g/mol. The number of rotatable bonds is 7. The van der Waals surface area contributed by atoms with Gasteiger partial charge in [0.25, 0.3) is 0 Å². The van der Waals surface area contributed by atoms with E-state index in [0.717, 1.165) is 37.8 Å². The van der Waals surface area contributed by atoms with Gasteiger partial charge in [-0.15, -0.1) is 0 Å². The van der Waals surface area contributed by atoms with Gasteiger partial charge in [-0.05, 0) is 42.2 Å². The van der Waals surface area contributed by atoms with Gasteiger partial charge < -0.3 is 9.52 Å². The number of carbonyl (C=O) groups is 2. The zero-order valence-electron chi connectivity index (χ0n) is 14.6. The van der Waals surface area contributed by atoms with Crippen LogP contribution >= 0.6 is 0 Å². The molecule has 138 valence electrons. The number of Topliss-reactive ketones (excluding diaryl/α,β-unsaturated/α-hetero) is 2. The third-order valence-corrected chi connectivity index (χ3v) is 5.27. The second-order valence-corrected chi connectivity index (χ2v) is 7.05. The quantitative estimate of drug-likeness (QED) is 0.694. The van der Waals surface area contributed by atoms with E-state index in [-0.39, 0.29) is 47.6 Å². The molecule has 5 heteroatoms. The second kappa shape index (κ2) is 8.30. The molecule has 0 radical (unpaired) electrons. The minimum absolute atomic E-state index is 0.0174. The van der Waals surface area contributed by atoms with Crippen molar-refractivity contribution in [1.29, 1.82) is 0 Å². The van der Waals surface area contributed by atoms with Crippen LogP contribution < -0.4 is 0 Å². The van der Waals surface area contributed by atoms with Gasteiger partial charge in [-0.25, -0.2) is 4.39 Å². The molecular formula is C21H23FO4. The van der Waals surface area contributed by atoms with E-state index >= 15 is 0 Å². The first kappa shape index (κ1) is 18.4. The van der Waals surface area contributed by atoms with Crippen molar-refractivity contribution in [3.05, 3.63) is 53.7 Å². The molecule has 1 atom stereocenters. The maximum absolute atomic E-state index is 13.5. The lowest BCUT2D eigenvalue weighted by Gasteiger charge is -2.29. The number of hydrogen-bond donors (Lipinski definition) is 1. The molecule has 1 aromatic heterocycles. The molecule has 1 heterocycles. The van der Waals surface area contributed by atoms with Crippen LogP contribution in [-0.4, -0.2) is 16.7 Å². The highest BCUT2D eigenvalue weighted by Gasteiger charge is 2.29. The molecule has 1 aliphatic carbocycles. The van der Waals surface area contributed by atoms with E-state index in [4.69, 9.17) is 4.42 Å². The van der Waals surface area contributed by atoms with Gasteiger partial charge in [-0.1, -0.05) is 32.1 Å². The van der Waals surface area contributed by atoms with Crippen LogP contribution in [0.25, 0.3) is 0 Å². The molecule has 1 aliphatic rings. The zero-order chi connectivity index (χ0) is 18.5. The average Bonchev–Trinajstić information content (AvgIpc) is 3.18. The van der Waals surface area contributed by atoms with Gasteiger partial charge in [0.15, 0.2) is 17.3 Å². The van der Waals surface area contributed by atoms with Crippen molar-refractivity contribution in [3.63, 3.8) is 0 Å². The third kappa shape index (κ3) is 4.40. The van der Waals surface area contributed by atoms with Gasteiger partial charge in [0.1, 0.15) is 11.6 Å². The Hall–Kier alpha value is -2.43. The highest BCUT2D eigenvalue weighted by Crippen LogP contribution is 2.36. The summed E-state index contributed by atoms with van der Waals surface area (Å²) in [6.07, 6.45) is 7.13. The van der Waals surface area contributed by atoms with Crippen LogP contribution in [0.2, 0.25) is 0 Å². The van der Waals surface area contributed by atoms with Crippen molar-refractivity contribution in [3.8, 4) is 5.75 Å². The number of halogens is 1. The van der Waals surface area contributed by atoms with Crippen molar-refractivity contribution in [2.45, 2.75) is 44.9 Å². The summed E-state index contributed by atoms with van der Waals surface area (Å²) >= 11 is 0. The van der Waals surface area contributed by atoms with Crippen molar-refractivity contribution < 1.29 is 23.5 Å².